The SMILES string of the molecule is Cc1nc2ccccc2n1-c1ccc(-c2ccc3ccc4cccc5ccc2c3c45)cc1. The Labute approximate surface area is 185 Å². The summed E-state index contributed by atoms with van der Waals surface area (Å²) < 4.78 is 2.23. The predicted octanol–water partition coefficient (Wildman–Crippen LogP) is 7.90. The van der Waals surface area contributed by atoms with Crippen LogP contribution in [0.3, 0.4) is 0 Å². The monoisotopic (exact) mass is 408 g/mol. The summed E-state index contributed by atoms with van der Waals surface area (Å²) in [6, 6.07) is 37.2. The minimum atomic E-state index is 1.00. The Hall–Kier alpha value is -4.17. The van der Waals surface area contributed by atoms with Crippen LogP contribution in [0.25, 0.3) is 60.2 Å². The van der Waals surface area contributed by atoms with Gasteiger partial charge in [-0.15, -0.1) is 0 Å². The highest BCUT2D eigenvalue weighted by molar-refractivity contribution is 6.25. The lowest BCUT2D eigenvalue weighted by molar-refractivity contribution is 1.00. The first-order valence-corrected chi connectivity index (χ1v) is 11.0. The molecule has 2 nitrogen and oxygen atoms in total. The van der Waals surface area contributed by atoms with E-state index in [1.54, 1.807) is 0 Å². The van der Waals surface area contributed by atoms with Gasteiger partial charge in [-0.05, 0) is 74.6 Å². The highest BCUT2D eigenvalue weighted by Crippen LogP contribution is 2.39. The predicted molar refractivity (Wildman–Crippen MR) is 135 cm³/mol. The molecule has 0 saturated heterocycles. The number of hydrogen-bond donors (Lipinski definition) is 0. The van der Waals surface area contributed by atoms with Gasteiger partial charge in [0.2, 0.25) is 0 Å². The first-order chi connectivity index (χ1) is 15.8. The minimum Gasteiger partial charge on any atom is -0.297 e. The lowest BCUT2D eigenvalue weighted by atomic mass is 9.90. The number of nitrogens with zero attached hydrogens (tertiary/aromatic N) is 2. The molecule has 0 aliphatic rings. The summed E-state index contributed by atoms with van der Waals surface area (Å²) in [5.74, 6) is 1.00. The molecule has 32 heavy (non-hydrogen) atoms. The van der Waals surface area contributed by atoms with Crippen molar-refractivity contribution in [2.75, 3.05) is 0 Å². The molecule has 1 aromatic heterocycles. The highest BCUT2D eigenvalue weighted by Gasteiger charge is 2.13. The zero-order valence-electron chi connectivity index (χ0n) is 17.7. The molecule has 0 amide bonds. The third-order valence-corrected chi connectivity index (χ3v) is 6.69. The standard InChI is InChI=1S/C30H20N2/c1-19-31-27-7-2-3-8-28(27)32(19)24-15-11-20(12-16-24)25-17-13-23-10-9-21-5-4-6-22-14-18-26(25)30(23)29(21)22/h2-18H,1H3. The Morgan fingerprint density at radius 1 is 0.594 bits per heavy atom. The quantitative estimate of drug-likeness (QED) is 0.266. The van der Waals surface area contributed by atoms with Gasteiger partial charge in [-0.2, -0.15) is 0 Å². The van der Waals surface area contributed by atoms with Gasteiger partial charge in [-0.1, -0.05) is 78.9 Å². The summed E-state index contributed by atoms with van der Waals surface area (Å²) in [5.41, 5.74) is 5.81. The Bertz CT molecular complexity index is 1760. The van der Waals surface area contributed by atoms with E-state index in [0.717, 1.165) is 22.5 Å². The maximum atomic E-state index is 4.72. The molecule has 0 bridgehead atoms. The van der Waals surface area contributed by atoms with E-state index in [1.165, 1.54) is 43.4 Å². The van der Waals surface area contributed by atoms with Crippen LogP contribution >= 0.6 is 0 Å². The van der Waals surface area contributed by atoms with E-state index >= 15 is 0 Å². The van der Waals surface area contributed by atoms with Crippen LogP contribution in [0.2, 0.25) is 0 Å². The van der Waals surface area contributed by atoms with E-state index < -0.39 is 0 Å². The third-order valence-electron chi connectivity index (χ3n) is 6.69. The number of imidazole rings is 1. The van der Waals surface area contributed by atoms with Gasteiger partial charge in [-0.3, -0.25) is 4.57 Å². The fourth-order valence-corrected chi connectivity index (χ4v) is 5.25. The van der Waals surface area contributed by atoms with Gasteiger partial charge < -0.3 is 0 Å². The van der Waals surface area contributed by atoms with Crippen molar-refractivity contribution in [3.63, 3.8) is 0 Å². The summed E-state index contributed by atoms with van der Waals surface area (Å²) in [5, 5.41) is 7.93. The second-order valence-corrected chi connectivity index (χ2v) is 8.50. The van der Waals surface area contributed by atoms with Crippen molar-refractivity contribution in [2.45, 2.75) is 6.92 Å². The number of benzene rings is 6. The van der Waals surface area contributed by atoms with Crippen molar-refractivity contribution in [2.24, 2.45) is 0 Å². The second-order valence-electron chi connectivity index (χ2n) is 8.50. The van der Waals surface area contributed by atoms with E-state index in [1.807, 2.05) is 6.07 Å². The summed E-state index contributed by atoms with van der Waals surface area (Å²) in [4.78, 5) is 4.72. The average Bonchev–Trinajstić information content (AvgIpc) is 3.18. The molecule has 2 heteroatoms. The molecule has 0 unspecified atom stereocenters. The van der Waals surface area contributed by atoms with Gasteiger partial charge >= 0.3 is 0 Å². The molecule has 0 atom stereocenters. The van der Waals surface area contributed by atoms with Crippen molar-refractivity contribution < 1.29 is 0 Å². The van der Waals surface area contributed by atoms with Crippen LogP contribution in [0, 0.1) is 6.92 Å². The molecule has 0 spiro atoms. The van der Waals surface area contributed by atoms with Crippen LogP contribution in [-0.2, 0) is 0 Å². The molecule has 6 aromatic carbocycles. The molecule has 1 heterocycles. The lowest BCUT2D eigenvalue weighted by Gasteiger charge is -2.14. The summed E-state index contributed by atoms with van der Waals surface area (Å²) in [7, 11) is 0. The molecule has 0 aliphatic carbocycles. The summed E-state index contributed by atoms with van der Waals surface area (Å²) in [6.45, 7) is 2.06. The van der Waals surface area contributed by atoms with Gasteiger partial charge in [-0.25, -0.2) is 4.98 Å². The highest BCUT2D eigenvalue weighted by atomic mass is 15.1. The fraction of sp³-hybridized carbons (Fsp3) is 0.0333. The zero-order chi connectivity index (χ0) is 21.2. The Morgan fingerprint density at radius 2 is 1.28 bits per heavy atom. The van der Waals surface area contributed by atoms with Gasteiger partial charge in [0.25, 0.3) is 0 Å². The molecule has 0 N–H and O–H groups in total. The molecule has 7 rings (SSSR count). The fourth-order valence-electron chi connectivity index (χ4n) is 5.25. The molecule has 0 aliphatic heterocycles. The van der Waals surface area contributed by atoms with E-state index in [9.17, 15) is 0 Å². The Morgan fingerprint density at radius 3 is 2.09 bits per heavy atom. The van der Waals surface area contributed by atoms with Gasteiger partial charge in [0.05, 0.1) is 11.0 Å². The topological polar surface area (TPSA) is 17.8 Å². The van der Waals surface area contributed by atoms with Crippen LogP contribution in [0.1, 0.15) is 5.82 Å². The maximum Gasteiger partial charge on any atom is 0.111 e. The number of aryl methyl sites for hydroxylation is 1. The van der Waals surface area contributed by atoms with E-state index in [0.29, 0.717) is 0 Å². The van der Waals surface area contributed by atoms with E-state index in [2.05, 4.69) is 109 Å². The van der Waals surface area contributed by atoms with Crippen LogP contribution in [-0.4, -0.2) is 9.55 Å². The molecule has 0 saturated carbocycles. The van der Waals surface area contributed by atoms with Gasteiger partial charge in [0, 0.05) is 5.69 Å². The van der Waals surface area contributed by atoms with Crippen molar-refractivity contribution in [3.8, 4) is 16.8 Å². The lowest BCUT2D eigenvalue weighted by Crippen LogP contribution is -1.96. The molecular weight excluding hydrogens is 388 g/mol. The smallest absolute Gasteiger partial charge is 0.111 e. The number of rotatable bonds is 2. The maximum absolute atomic E-state index is 4.72. The average molecular weight is 409 g/mol. The van der Waals surface area contributed by atoms with Crippen molar-refractivity contribution in [1.29, 1.82) is 0 Å². The van der Waals surface area contributed by atoms with Crippen molar-refractivity contribution in [3.05, 3.63) is 109 Å². The number of aromatic nitrogens is 2. The van der Waals surface area contributed by atoms with E-state index in [-0.39, 0.29) is 0 Å². The van der Waals surface area contributed by atoms with E-state index in [4.69, 9.17) is 4.98 Å². The third kappa shape index (κ3) is 2.38. The number of fused-ring (bicyclic) bond motifs is 1. The summed E-state index contributed by atoms with van der Waals surface area (Å²) in [6.07, 6.45) is 0. The van der Waals surface area contributed by atoms with Gasteiger partial charge in [0.15, 0.2) is 0 Å². The van der Waals surface area contributed by atoms with Crippen LogP contribution in [0.4, 0.5) is 0 Å². The number of para-hydroxylation sites is 2. The molecule has 150 valence electrons. The molecule has 0 radical (unpaired) electrons. The first kappa shape index (κ1) is 17.5. The van der Waals surface area contributed by atoms with Crippen LogP contribution < -0.4 is 0 Å². The van der Waals surface area contributed by atoms with Crippen molar-refractivity contribution >= 4 is 43.4 Å². The zero-order valence-corrected chi connectivity index (χ0v) is 17.7. The van der Waals surface area contributed by atoms with Crippen LogP contribution in [0.5, 0.6) is 0 Å². The minimum absolute atomic E-state index is 1.00. The number of hydrogen-bond acceptors (Lipinski definition) is 1. The molecule has 7 aromatic rings. The van der Waals surface area contributed by atoms with Crippen LogP contribution in [0.15, 0.2) is 103 Å². The Kier molecular flexibility index (Phi) is 3.51. The Balaban J connectivity index is 1.43. The molecular formula is C30H20N2. The molecule has 0 fully saturated rings. The second kappa shape index (κ2) is 6.41. The first-order valence-electron chi connectivity index (χ1n) is 11.0. The summed E-state index contributed by atoms with van der Waals surface area (Å²) >= 11 is 0. The normalized spacial score (nSPS) is 11.9. The largest absolute Gasteiger partial charge is 0.297 e. The van der Waals surface area contributed by atoms with Crippen molar-refractivity contribution in [1.82, 2.24) is 9.55 Å². The van der Waals surface area contributed by atoms with Gasteiger partial charge in [0.1, 0.15) is 5.82 Å².